The lowest BCUT2D eigenvalue weighted by Gasteiger charge is -2.17. The normalized spacial score (nSPS) is 20.6. The molecular weight excluding hydrogens is 303 g/mol. The molecule has 1 heterocycles. The van der Waals surface area contributed by atoms with E-state index in [1.54, 1.807) is 0 Å². The van der Waals surface area contributed by atoms with Crippen LogP contribution in [0.5, 0.6) is 0 Å². The molecule has 1 fully saturated rings. The summed E-state index contributed by atoms with van der Waals surface area (Å²) in [6.07, 6.45) is 0.151. The molecule has 0 aliphatic carbocycles. The molecule has 0 N–H and O–H groups in total. The second-order valence-electron chi connectivity index (χ2n) is 3.50. The van der Waals surface area contributed by atoms with E-state index in [2.05, 4.69) is 15.9 Å². The molecule has 16 heavy (non-hydrogen) atoms. The van der Waals surface area contributed by atoms with Crippen LogP contribution >= 0.6 is 27.5 Å². The number of anilines is 1. The van der Waals surface area contributed by atoms with Gasteiger partial charge in [0.2, 0.25) is 5.91 Å². The Bertz CT molecular complexity index is 455. The zero-order valence-electron chi connectivity index (χ0n) is 8.01. The predicted octanol–water partition coefficient (Wildman–Crippen LogP) is 3.07. The molecule has 0 aromatic heterocycles. The maximum Gasteiger partial charge on any atom is 0.228 e. The van der Waals surface area contributed by atoms with Gasteiger partial charge in [-0.1, -0.05) is 0 Å². The third-order valence-corrected chi connectivity index (χ3v) is 3.29. The number of nitrogens with zero attached hydrogens (tertiary/aromatic N) is 1. The molecule has 1 aliphatic heterocycles. The Morgan fingerprint density at radius 1 is 1.38 bits per heavy atom. The third-order valence-electron chi connectivity index (χ3n) is 2.38. The summed E-state index contributed by atoms with van der Waals surface area (Å²) in [5, 5.41) is -0.349. The number of carbonyl (C=O) groups is 1. The molecule has 1 aliphatic rings. The van der Waals surface area contributed by atoms with Crippen molar-refractivity contribution in [2.45, 2.75) is 11.8 Å². The van der Waals surface area contributed by atoms with E-state index in [4.69, 9.17) is 11.6 Å². The molecule has 2 nitrogen and oxygen atoms in total. The number of hydrogen-bond donors (Lipinski definition) is 0. The molecule has 1 aromatic rings. The zero-order valence-corrected chi connectivity index (χ0v) is 10.4. The number of alkyl halides is 1. The third kappa shape index (κ3) is 1.94. The minimum absolute atomic E-state index is 0.0304. The molecule has 6 heteroatoms. The van der Waals surface area contributed by atoms with Crippen molar-refractivity contribution in [1.29, 1.82) is 0 Å². The highest BCUT2D eigenvalue weighted by molar-refractivity contribution is 9.10. The molecule has 1 unspecified atom stereocenters. The first-order chi connectivity index (χ1) is 7.50. The molecule has 0 spiro atoms. The maximum atomic E-state index is 13.6. The second kappa shape index (κ2) is 4.30. The Hall–Kier alpha value is -0.680. The smallest absolute Gasteiger partial charge is 0.228 e. The summed E-state index contributed by atoms with van der Waals surface area (Å²) in [5.74, 6) is -2.32. The summed E-state index contributed by atoms with van der Waals surface area (Å²) in [6.45, 7) is 0.207. The molecular formula is C10H7BrClF2NO. The summed E-state index contributed by atoms with van der Waals surface area (Å²) in [4.78, 5) is 12.6. The van der Waals surface area contributed by atoms with E-state index in [0.29, 0.717) is 0 Å². The van der Waals surface area contributed by atoms with Crippen LogP contribution in [0.3, 0.4) is 0 Å². The fraction of sp³-hybridized carbons (Fsp3) is 0.300. The quantitative estimate of drug-likeness (QED) is 0.577. The van der Waals surface area contributed by atoms with Crippen LogP contribution in [0, 0.1) is 11.6 Å². The molecule has 86 valence electrons. The molecule has 1 amide bonds. The highest BCUT2D eigenvalue weighted by Crippen LogP contribution is 2.30. The van der Waals surface area contributed by atoms with Crippen LogP contribution in [-0.4, -0.2) is 17.8 Å². The van der Waals surface area contributed by atoms with Crippen LogP contribution in [-0.2, 0) is 4.79 Å². The van der Waals surface area contributed by atoms with Gasteiger partial charge in [0.1, 0.15) is 0 Å². The molecule has 0 radical (unpaired) electrons. The Morgan fingerprint density at radius 3 is 2.62 bits per heavy atom. The Kier molecular flexibility index (Phi) is 3.17. The van der Waals surface area contributed by atoms with Crippen molar-refractivity contribution in [2.75, 3.05) is 11.4 Å². The maximum absolute atomic E-state index is 13.6. The minimum atomic E-state index is -1.03. The van der Waals surface area contributed by atoms with E-state index in [-0.39, 0.29) is 34.4 Å². The standard InChI is InChI=1S/C10H7BrClF2NO/c11-6-1-2-7(10(14)9(6)13)15-4-5(12)3-8(15)16/h1-2,5H,3-4H2. The van der Waals surface area contributed by atoms with Gasteiger partial charge in [-0.05, 0) is 28.1 Å². The van der Waals surface area contributed by atoms with Crippen molar-refractivity contribution in [1.82, 2.24) is 0 Å². The minimum Gasteiger partial charge on any atom is -0.308 e. The number of hydrogen-bond acceptors (Lipinski definition) is 1. The number of benzene rings is 1. The van der Waals surface area contributed by atoms with Gasteiger partial charge in [0, 0.05) is 13.0 Å². The SMILES string of the molecule is O=C1CC(Cl)CN1c1ccc(Br)c(F)c1F. The van der Waals surface area contributed by atoms with Gasteiger partial charge in [-0.15, -0.1) is 11.6 Å². The first-order valence-electron chi connectivity index (χ1n) is 4.58. The fourth-order valence-corrected chi connectivity index (χ4v) is 2.20. The number of amides is 1. The number of halogens is 4. The van der Waals surface area contributed by atoms with E-state index in [0.717, 1.165) is 0 Å². The first kappa shape index (κ1) is 11.8. The summed E-state index contributed by atoms with van der Waals surface area (Å²) in [5.41, 5.74) is -0.0612. The largest absolute Gasteiger partial charge is 0.308 e. The highest BCUT2D eigenvalue weighted by Gasteiger charge is 2.31. The lowest BCUT2D eigenvalue weighted by molar-refractivity contribution is -0.117. The van der Waals surface area contributed by atoms with Crippen LogP contribution in [0.15, 0.2) is 16.6 Å². The van der Waals surface area contributed by atoms with Crippen molar-refractivity contribution in [3.05, 3.63) is 28.2 Å². The van der Waals surface area contributed by atoms with E-state index in [9.17, 15) is 13.6 Å². The number of rotatable bonds is 1. The molecule has 2 rings (SSSR count). The second-order valence-corrected chi connectivity index (χ2v) is 4.97. The van der Waals surface area contributed by atoms with Crippen molar-refractivity contribution in [3.63, 3.8) is 0 Å². The van der Waals surface area contributed by atoms with Crippen LogP contribution in [0.2, 0.25) is 0 Å². The van der Waals surface area contributed by atoms with E-state index in [1.165, 1.54) is 17.0 Å². The van der Waals surface area contributed by atoms with E-state index >= 15 is 0 Å². The average Bonchev–Trinajstić information content (AvgIpc) is 2.55. The highest BCUT2D eigenvalue weighted by atomic mass is 79.9. The van der Waals surface area contributed by atoms with Gasteiger partial charge in [-0.2, -0.15) is 0 Å². The van der Waals surface area contributed by atoms with Gasteiger partial charge in [0.05, 0.1) is 15.5 Å². The van der Waals surface area contributed by atoms with Crippen LogP contribution < -0.4 is 4.90 Å². The molecule has 1 atom stereocenters. The van der Waals surface area contributed by atoms with Gasteiger partial charge in [-0.25, -0.2) is 8.78 Å². The summed E-state index contributed by atoms with van der Waals surface area (Å²) in [6, 6.07) is 2.72. The first-order valence-corrected chi connectivity index (χ1v) is 5.81. The summed E-state index contributed by atoms with van der Waals surface area (Å²) in [7, 11) is 0. The lowest BCUT2D eigenvalue weighted by Crippen LogP contribution is -2.26. The van der Waals surface area contributed by atoms with Gasteiger partial charge in [0.15, 0.2) is 11.6 Å². The Morgan fingerprint density at radius 2 is 2.06 bits per heavy atom. The predicted molar refractivity (Wildman–Crippen MR) is 60.7 cm³/mol. The Labute approximate surface area is 104 Å². The average molecular weight is 311 g/mol. The molecule has 1 saturated heterocycles. The van der Waals surface area contributed by atoms with Crippen molar-refractivity contribution in [3.8, 4) is 0 Å². The van der Waals surface area contributed by atoms with Crippen LogP contribution in [0.4, 0.5) is 14.5 Å². The zero-order chi connectivity index (χ0) is 11.9. The molecule has 0 saturated carbocycles. The van der Waals surface area contributed by atoms with Crippen molar-refractivity contribution in [2.24, 2.45) is 0 Å². The lowest BCUT2D eigenvalue weighted by atomic mass is 10.2. The fourth-order valence-electron chi connectivity index (χ4n) is 1.62. The van der Waals surface area contributed by atoms with Gasteiger partial charge >= 0.3 is 0 Å². The summed E-state index contributed by atoms with van der Waals surface area (Å²) >= 11 is 8.66. The molecule has 1 aromatic carbocycles. The number of carbonyl (C=O) groups excluding carboxylic acids is 1. The topological polar surface area (TPSA) is 20.3 Å². The van der Waals surface area contributed by atoms with Gasteiger partial charge in [0.25, 0.3) is 0 Å². The summed E-state index contributed by atoms with van der Waals surface area (Å²) < 4.78 is 26.9. The van der Waals surface area contributed by atoms with Crippen molar-refractivity contribution < 1.29 is 13.6 Å². The van der Waals surface area contributed by atoms with Crippen molar-refractivity contribution >= 4 is 39.1 Å². The molecule has 0 bridgehead atoms. The monoisotopic (exact) mass is 309 g/mol. The van der Waals surface area contributed by atoms with Gasteiger partial charge in [-0.3, -0.25) is 4.79 Å². The van der Waals surface area contributed by atoms with Crippen LogP contribution in [0.25, 0.3) is 0 Å². The van der Waals surface area contributed by atoms with Crippen LogP contribution in [0.1, 0.15) is 6.42 Å². The van der Waals surface area contributed by atoms with Gasteiger partial charge < -0.3 is 4.90 Å². The van der Waals surface area contributed by atoms with E-state index in [1.807, 2.05) is 0 Å². The Balaban J connectivity index is 2.42. The van der Waals surface area contributed by atoms with E-state index < -0.39 is 11.6 Å².